The maximum atomic E-state index is 10.7. The summed E-state index contributed by atoms with van der Waals surface area (Å²) in [6, 6.07) is 0. The largest absolute Gasteiger partial charge is 0.394 e. The summed E-state index contributed by atoms with van der Waals surface area (Å²) in [5.74, 6) is 1.52. The van der Waals surface area contributed by atoms with Gasteiger partial charge in [0.2, 0.25) is 0 Å². The van der Waals surface area contributed by atoms with Gasteiger partial charge in [-0.15, -0.1) is 0 Å². The Morgan fingerprint density at radius 1 is 0.750 bits per heavy atom. The summed E-state index contributed by atoms with van der Waals surface area (Å²) in [7, 11) is 0. The van der Waals surface area contributed by atoms with Crippen LogP contribution in [0.2, 0.25) is 0 Å². The molecule has 2 aliphatic heterocycles. The molecule has 2 saturated heterocycles. The van der Waals surface area contributed by atoms with Crippen LogP contribution in [0.3, 0.4) is 0 Å². The fourth-order valence-corrected chi connectivity index (χ4v) is 5.17. The zero-order chi connectivity index (χ0) is 29.8. The first-order valence-electron chi connectivity index (χ1n) is 14.9. The Morgan fingerprint density at radius 2 is 1.38 bits per heavy atom. The molecule has 10 unspecified atom stereocenters. The summed E-state index contributed by atoms with van der Waals surface area (Å²) in [5.41, 5.74) is 1.34. The van der Waals surface area contributed by atoms with Crippen LogP contribution in [0.4, 0.5) is 0 Å². The first-order valence-corrected chi connectivity index (χ1v) is 14.9. The Kier molecular flexibility index (Phi) is 16.0. The average molecular weight is 579 g/mol. The van der Waals surface area contributed by atoms with E-state index in [-0.39, 0.29) is 6.61 Å². The van der Waals surface area contributed by atoms with Crippen LogP contribution < -0.4 is 0 Å². The fourth-order valence-electron chi connectivity index (χ4n) is 5.17. The third-order valence-corrected chi connectivity index (χ3v) is 7.83. The Labute approximate surface area is 238 Å². The van der Waals surface area contributed by atoms with E-state index in [2.05, 4.69) is 33.8 Å². The second kappa shape index (κ2) is 18.1. The second-order valence-electron chi connectivity index (χ2n) is 11.9. The number of allylic oxidation sites excluding steroid dienone is 2. The molecule has 0 radical (unpaired) electrons. The minimum absolute atomic E-state index is 0.265. The molecule has 2 rings (SSSR count). The maximum Gasteiger partial charge on any atom is 0.187 e. The molecular formula is C29H54O11. The number of aliphatic hydroxyl groups is 7. The summed E-state index contributed by atoms with van der Waals surface area (Å²) in [5, 5.41) is 70.6. The van der Waals surface area contributed by atoms with Gasteiger partial charge in [-0.3, -0.25) is 0 Å². The van der Waals surface area contributed by atoms with E-state index in [9.17, 15) is 35.7 Å². The fraction of sp³-hybridized carbons (Fsp3) is 0.931. The van der Waals surface area contributed by atoms with Crippen LogP contribution >= 0.6 is 0 Å². The first kappa shape index (κ1) is 35.5. The molecule has 0 aliphatic carbocycles. The number of hydrogen-bond acceptors (Lipinski definition) is 11. The Balaban J connectivity index is 1.74. The van der Waals surface area contributed by atoms with Gasteiger partial charge in [0.05, 0.1) is 19.8 Å². The van der Waals surface area contributed by atoms with Gasteiger partial charge in [0.15, 0.2) is 12.6 Å². The minimum atomic E-state index is -1.70. The van der Waals surface area contributed by atoms with E-state index in [4.69, 9.17) is 18.9 Å². The van der Waals surface area contributed by atoms with E-state index >= 15 is 0 Å². The van der Waals surface area contributed by atoms with E-state index in [1.165, 1.54) is 37.7 Å². The highest BCUT2D eigenvalue weighted by molar-refractivity contribution is 4.98. The topological polar surface area (TPSA) is 179 Å². The molecule has 2 heterocycles. The van der Waals surface area contributed by atoms with Crippen molar-refractivity contribution in [1.82, 2.24) is 0 Å². The predicted molar refractivity (Wildman–Crippen MR) is 147 cm³/mol. The van der Waals surface area contributed by atoms with Crippen molar-refractivity contribution in [2.45, 2.75) is 140 Å². The van der Waals surface area contributed by atoms with E-state index in [0.29, 0.717) is 6.42 Å². The highest BCUT2D eigenvalue weighted by Gasteiger charge is 2.50. The standard InChI is InChI=1S/C29H54O11/c1-17(2)9-7-11-19(4)13-8-12-18(3)10-5-6-14-37-28-26(36)24(34)27(21(16-31)39-28)40-29-25(35)23(33)22(32)20(15-30)38-29/h10,17,19-36H,5-9,11-16H2,1-4H3/t19?,20?,21?,22?,23?,24?,25-,26?,27?,28?,29?/m0/s1. The number of rotatable bonds is 17. The Morgan fingerprint density at radius 3 is 2.02 bits per heavy atom. The van der Waals surface area contributed by atoms with Crippen molar-refractivity contribution >= 4 is 0 Å². The molecule has 11 atom stereocenters. The van der Waals surface area contributed by atoms with Crippen molar-refractivity contribution in [2.75, 3.05) is 19.8 Å². The number of unbranched alkanes of at least 4 members (excludes halogenated alkanes) is 1. The molecule has 236 valence electrons. The molecule has 11 heteroatoms. The van der Waals surface area contributed by atoms with Crippen molar-refractivity contribution < 1.29 is 54.7 Å². The lowest BCUT2D eigenvalue weighted by atomic mass is 9.94. The van der Waals surface area contributed by atoms with Gasteiger partial charge in [-0.1, -0.05) is 58.1 Å². The summed E-state index contributed by atoms with van der Waals surface area (Å²) >= 11 is 0. The number of aliphatic hydroxyl groups excluding tert-OH is 7. The van der Waals surface area contributed by atoms with Gasteiger partial charge in [0.25, 0.3) is 0 Å². The molecule has 0 aromatic rings. The van der Waals surface area contributed by atoms with Gasteiger partial charge >= 0.3 is 0 Å². The van der Waals surface area contributed by atoms with E-state index in [0.717, 1.165) is 24.7 Å². The normalized spacial score (nSPS) is 36.2. The van der Waals surface area contributed by atoms with Gasteiger partial charge in [-0.05, 0) is 44.4 Å². The zero-order valence-corrected chi connectivity index (χ0v) is 24.5. The van der Waals surface area contributed by atoms with Crippen LogP contribution in [0.15, 0.2) is 11.6 Å². The molecule has 0 aromatic carbocycles. The lowest BCUT2D eigenvalue weighted by molar-refractivity contribution is -0.359. The quantitative estimate of drug-likeness (QED) is 0.0967. The molecule has 0 amide bonds. The average Bonchev–Trinajstić information content (AvgIpc) is 2.91. The monoisotopic (exact) mass is 578 g/mol. The lowest BCUT2D eigenvalue weighted by Gasteiger charge is -2.45. The molecule has 40 heavy (non-hydrogen) atoms. The van der Waals surface area contributed by atoms with Crippen LogP contribution in [0.25, 0.3) is 0 Å². The summed E-state index contributed by atoms with van der Waals surface area (Å²) in [4.78, 5) is 0. The van der Waals surface area contributed by atoms with Gasteiger partial charge in [0, 0.05) is 0 Å². The first-order chi connectivity index (χ1) is 19.0. The molecule has 2 aliphatic rings. The molecule has 2 fully saturated rings. The smallest absolute Gasteiger partial charge is 0.187 e. The van der Waals surface area contributed by atoms with Gasteiger partial charge < -0.3 is 54.7 Å². The van der Waals surface area contributed by atoms with Crippen LogP contribution in [-0.4, -0.2) is 117 Å². The molecule has 11 nitrogen and oxygen atoms in total. The van der Waals surface area contributed by atoms with Crippen molar-refractivity contribution in [2.24, 2.45) is 11.8 Å². The molecule has 0 saturated carbocycles. The van der Waals surface area contributed by atoms with E-state index < -0.39 is 74.6 Å². The molecule has 0 spiro atoms. The zero-order valence-electron chi connectivity index (χ0n) is 24.5. The van der Waals surface area contributed by atoms with Crippen molar-refractivity contribution in [3.05, 3.63) is 11.6 Å². The van der Waals surface area contributed by atoms with Gasteiger partial charge in [0.1, 0.15) is 48.8 Å². The number of hydrogen-bond donors (Lipinski definition) is 7. The SMILES string of the molecule is CC(=CCCCOC1OC(CO)C(OC2OC(CO)C(O)C(O)[C@@H]2O)C(O)C1O)CCCC(C)CCCC(C)C. The molecule has 0 aromatic heterocycles. The highest BCUT2D eigenvalue weighted by atomic mass is 16.7. The number of ether oxygens (including phenoxy) is 4. The maximum absolute atomic E-state index is 10.7. The van der Waals surface area contributed by atoms with Crippen LogP contribution in [0, 0.1) is 11.8 Å². The molecule has 7 N–H and O–H groups in total. The third kappa shape index (κ3) is 10.9. The van der Waals surface area contributed by atoms with Crippen molar-refractivity contribution in [3.8, 4) is 0 Å². The van der Waals surface area contributed by atoms with Crippen molar-refractivity contribution in [3.63, 3.8) is 0 Å². The summed E-state index contributed by atoms with van der Waals surface area (Å²) in [6.07, 6.45) is -3.44. The van der Waals surface area contributed by atoms with Crippen molar-refractivity contribution in [1.29, 1.82) is 0 Å². The molecular weight excluding hydrogens is 524 g/mol. The third-order valence-electron chi connectivity index (χ3n) is 7.83. The van der Waals surface area contributed by atoms with Crippen LogP contribution in [-0.2, 0) is 18.9 Å². The lowest BCUT2D eigenvalue weighted by Crippen LogP contribution is -2.64. The minimum Gasteiger partial charge on any atom is -0.394 e. The van der Waals surface area contributed by atoms with E-state index in [1.807, 2.05) is 0 Å². The van der Waals surface area contributed by atoms with E-state index in [1.54, 1.807) is 0 Å². The van der Waals surface area contributed by atoms with Gasteiger partial charge in [-0.2, -0.15) is 0 Å². The van der Waals surface area contributed by atoms with Gasteiger partial charge in [-0.25, -0.2) is 0 Å². The summed E-state index contributed by atoms with van der Waals surface area (Å²) < 4.78 is 22.2. The van der Waals surface area contributed by atoms with Crippen LogP contribution in [0.5, 0.6) is 0 Å². The molecule has 0 bridgehead atoms. The summed E-state index contributed by atoms with van der Waals surface area (Å²) in [6.45, 7) is 8.03. The highest BCUT2D eigenvalue weighted by Crippen LogP contribution is 2.29. The second-order valence-corrected chi connectivity index (χ2v) is 11.9. The Bertz CT molecular complexity index is 716. The van der Waals surface area contributed by atoms with Crippen LogP contribution in [0.1, 0.15) is 79.1 Å². The Hall–Kier alpha value is -0.700. The predicted octanol–water partition coefficient (Wildman–Crippen LogP) is 0.986.